The molecule has 0 aromatic carbocycles. The van der Waals surface area contributed by atoms with Gasteiger partial charge in [-0.1, -0.05) is 6.07 Å². The quantitative estimate of drug-likeness (QED) is 0.715. The second-order valence-electron chi connectivity index (χ2n) is 2.84. The van der Waals surface area contributed by atoms with Crippen molar-refractivity contribution >= 4 is 11.5 Å². The van der Waals surface area contributed by atoms with Crippen LogP contribution < -0.4 is 4.90 Å². The summed E-state index contributed by atoms with van der Waals surface area (Å²) in [4.78, 5) is 14.1. The second-order valence-corrected chi connectivity index (χ2v) is 2.84. The molecule has 0 aliphatic carbocycles. The topological polar surface area (TPSA) is 41.9 Å². The van der Waals surface area contributed by atoms with Crippen LogP contribution in [0.1, 0.15) is 0 Å². The van der Waals surface area contributed by atoms with E-state index in [9.17, 15) is 0 Å². The van der Waals surface area contributed by atoms with Crippen LogP contribution in [0.5, 0.6) is 0 Å². The minimum absolute atomic E-state index is 0.877. The van der Waals surface area contributed by atoms with Crippen LogP contribution in [0.3, 0.4) is 0 Å². The van der Waals surface area contributed by atoms with E-state index >= 15 is 0 Å². The SMILES string of the molecule is CN(c1cncnc1)c1ccccn1. The van der Waals surface area contributed by atoms with E-state index in [0.717, 1.165) is 11.5 Å². The van der Waals surface area contributed by atoms with Crippen LogP contribution in [0.15, 0.2) is 43.1 Å². The van der Waals surface area contributed by atoms with Crippen LogP contribution >= 0.6 is 0 Å². The van der Waals surface area contributed by atoms with Crippen molar-refractivity contribution in [1.82, 2.24) is 15.0 Å². The molecule has 0 atom stereocenters. The summed E-state index contributed by atoms with van der Waals surface area (Å²) in [7, 11) is 1.93. The molecule has 70 valence electrons. The number of hydrogen-bond donors (Lipinski definition) is 0. The molecular weight excluding hydrogens is 176 g/mol. The van der Waals surface area contributed by atoms with Crippen molar-refractivity contribution in [3.05, 3.63) is 43.1 Å². The van der Waals surface area contributed by atoms with E-state index < -0.39 is 0 Å². The summed E-state index contributed by atoms with van der Waals surface area (Å²) < 4.78 is 0. The molecule has 0 aliphatic rings. The minimum Gasteiger partial charge on any atom is -0.327 e. The zero-order chi connectivity index (χ0) is 9.80. The lowest BCUT2D eigenvalue weighted by Crippen LogP contribution is -2.11. The van der Waals surface area contributed by atoms with E-state index in [1.54, 1.807) is 18.6 Å². The summed E-state index contributed by atoms with van der Waals surface area (Å²) in [5.41, 5.74) is 0.922. The van der Waals surface area contributed by atoms with Gasteiger partial charge in [-0.15, -0.1) is 0 Å². The van der Waals surface area contributed by atoms with Crippen LogP contribution in [0, 0.1) is 0 Å². The van der Waals surface area contributed by atoms with Gasteiger partial charge >= 0.3 is 0 Å². The average molecular weight is 186 g/mol. The normalized spacial score (nSPS) is 9.79. The van der Waals surface area contributed by atoms with Crippen molar-refractivity contribution in [2.24, 2.45) is 0 Å². The van der Waals surface area contributed by atoms with Gasteiger partial charge in [-0.05, 0) is 12.1 Å². The van der Waals surface area contributed by atoms with E-state index in [4.69, 9.17) is 0 Å². The molecule has 0 aliphatic heterocycles. The summed E-state index contributed by atoms with van der Waals surface area (Å²) >= 11 is 0. The number of rotatable bonds is 2. The molecule has 0 spiro atoms. The Hall–Kier alpha value is -1.97. The van der Waals surface area contributed by atoms with Crippen molar-refractivity contribution in [3.63, 3.8) is 0 Å². The molecule has 0 N–H and O–H groups in total. The monoisotopic (exact) mass is 186 g/mol. The van der Waals surface area contributed by atoms with Crippen molar-refractivity contribution in [3.8, 4) is 0 Å². The lowest BCUT2D eigenvalue weighted by molar-refractivity contribution is 1.07. The second kappa shape index (κ2) is 3.83. The Labute approximate surface area is 82.3 Å². The number of aromatic nitrogens is 3. The highest BCUT2D eigenvalue weighted by Gasteiger charge is 2.03. The molecule has 0 saturated heterocycles. The third-order valence-corrected chi connectivity index (χ3v) is 1.93. The van der Waals surface area contributed by atoms with Crippen molar-refractivity contribution in [2.45, 2.75) is 0 Å². The van der Waals surface area contributed by atoms with Gasteiger partial charge in [-0.2, -0.15) is 0 Å². The van der Waals surface area contributed by atoms with Gasteiger partial charge in [-0.25, -0.2) is 15.0 Å². The van der Waals surface area contributed by atoms with E-state index in [2.05, 4.69) is 15.0 Å². The fourth-order valence-electron chi connectivity index (χ4n) is 1.15. The molecular formula is C10H10N4. The summed E-state index contributed by atoms with van der Waals surface area (Å²) in [5, 5.41) is 0. The average Bonchev–Trinajstić information content (AvgIpc) is 2.30. The van der Waals surface area contributed by atoms with E-state index in [-0.39, 0.29) is 0 Å². The lowest BCUT2D eigenvalue weighted by Gasteiger charge is -2.16. The van der Waals surface area contributed by atoms with Gasteiger partial charge in [0, 0.05) is 13.2 Å². The number of nitrogens with zero attached hydrogens (tertiary/aromatic N) is 4. The maximum absolute atomic E-state index is 4.23. The van der Waals surface area contributed by atoms with Crippen LogP contribution in [0.25, 0.3) is 0 Å². The highest BCUT2D eigenvalue weighted by atomic mass is 15.2. The number of pyridine rings is 1. The van der Waals surface area contributed by atoms with Crippen LogP contribution in [0.4, 0.5) is 11.5 Å². The van der Waals surface area contributed by atoms with Gasteiger partial charge in [0.2, 0.25) is 0 Å². The molecule has 0 saturated carbocycles. The van der Waals surface area contributed by atoms with Crippen molar-refractivity contribution < 1.29 is 0 Å². The Balaban J connectivity index is 2.30. The molecule has 14 heavy (non-hydrogen) atoms. The Morgan fingerprint density at radius 2 is 1.93 bits per heavy atom. The maximum atomic E-state index is 4.23. The summed E-state index contributed by atoms with van der Waals surface area (Å²) in [6.45, 7) is 0. The Kier molecular flexibility index (Phi) is 2.36. The fraction of sp³-hybridized carbons (Fsp3) is 0.100. The summed E-state index contributed by atoms with van der Waals surface area (Å²) in [5.74, 6) is 0.877. The lowest BCUT2D eigenvalue weighted by atomic mass is 10.4. The summed E-state index contributed by atoms with van der Waals surface area (Å²) in [6, 6.07) is 5.77. The minimum atomic E-state index is 0.877. The van der Waals surface area contributed by atoms with Gasteiger partial charge in [0.15, 0.2) is 0 Å². The van der Waals surface area contributed by atoms with Crippen LogP contribution in [-0.4, -0.2) is 22.0 Å². The Morgan fingerprint density at radius 1 is 1.14 bits per heavy atom. The van der Waals surface area contributed by atoms with Crippen LogP contribution in [0.2, 0.25) is 0 Å². The molecule has 2 heterocycles. The first kappa shape index (κ1) is 8.62. The smallest absolute Gasteiger partial charge is 0.132 e. The molecule has 2 aromatic heterocycles. The van der Waals surface area contributed by atoms with Gasteiger partial charge in [0.1, 0.15) is 12.1 Å². The number of hydrogen-bond acceptors (Lipinski definition) is 4. The first-order valence-corrected chi connectivity index (χ1v) is 4.28. The first-order chi connectivity index (χ1) is 6.88. The van der Waals surface area contributed by atoms with E-state index in [1.807, 2.05) is 30.1 Å². The predicted molar refractivity (Wildman–Crippen MR) is 54.3 cm³/mol. The third kappa shape index (κ3) is 1.69. The Bertz CT molecular complexity index is 348. The summed E-state index contributed by atoms with van der Waals surface area (Å²) in [6.07, 6.45) is 6.77. The van der Waals surface area contributed by atoms with Crippen molar-refractivity contribution in [2.75, 3.05) is 11.9 Å². The van der Waals surface area contributed by atoms with Crippen LogP contribution in [-0.2, 0) is 0 Å². The van der Waals surface area contributed by atoms with E-state index in [1.165, 1.54) is 6.33 Å². The number of anilines is 2. The molecule has 0 fully saturated rings. The maximum Gasteiger partial charge on any atom is 0.132 e. The molecule has 2 rings (SSSR count). The molecule has 0 radical (unpaired) electrons. The van der Waals surface area contributed by atoms with Crippen molar-refractivity contribution in [1.29, 1.82) is 0 Å². The zero-order valence-electron chi connectivity index (χ0n) is 7.83. The fourth-order valence-corrected chi connectivity index (χ4v) is 1.15. The highest BCUT2D eigenvalue weighted by Crippen LogP contribution is 2.17. The Morgan fingerprint density at radius 3 is 2.57 bits per heavy atom. The van der Waals surface area contributed by atoms with Gasteiger partial charge < -0.3 is 4.90 Å². The predicted octanol–water partition coefficient (Wildman–Crippen LogP) is 1.64. The molecule has 0 bridgehead atoms. The molecule has 4 nitrogen and oxygen atoms in total. The standard InChI is InChI=1S/C10H10N4/c1-14(9-6-11-8-12-7-9)10-4-2-3-5-13-10/h2-8H,1H3. The zero-order valence-corrected chi connectivity index (χ0v) is 7.83. The third-order valence-electron chi connectivity index (χ3n) is 1.93. The van der Waals surface area contributed by atoms with Gasteiger partial charge in [0.05, 0.1) is 18.1 Å². The molecule has 0 amide bonds. The molecule has 2 aromatic rings. The molecule has 0 unspecified atom stereocenters. The van der Waals surface area contributed by atoms with Gasteiger partial charge in [-0.3, -0.25) is 0 Å². The first-order valence-electron chi connectivity index (χ1n) is 4.28. The largest absolute Gasteiger partial charge is 0.327 e. The van der Waals surface area contributed by atoms with E-state index in [0.29, 0.717) is 0 Å². The highest BCUT2D eigenvalue weighted by molar-refractivity contribution is 5.56. The molecule has 4 heteroatoms. The van der Waals surface area contributed by atoms with Gasteiger partial charge in [0.25, 0.3) is 0 Å².